The van der Waals surface area contributed by atoms with Crippen molar-refractivity contribution >= 4 is 11.8 Å². The van der Waals surface area contributed by atoms with Gasteiger partial charge in [0.25, 0.3) is 0 Å². The van der Waals surface area contributed by atoms with Gasteiger partial charge in [0.05, 0.1) is 0 Å². The Morgan fingerprint density at radius 2 is 1.95 bits per heavy atom. The first-order valence-electron chi connectivity index (χ1n) is 7.39. The molecule has 1 aliphatic rings. The summed E-state index contributed by atoms with van der Waals surface area (Å²) in [5.41, 5.74) is 5.86. The molecule has 1 heterocycles. The van der Waals surface area contributed by atoms with Crippen LogP contribution in [0.15, 0.2) is 0 Å². The number of hydrogen-bond acceptors (Lipinski definition) is 3. The van der Waals surface area contributed by atoms with Crippen molar-refractivity contribution < 1.29 is 9.59 Å². The first kappa shape index (κ1) is 16.0. The lowest BCUT2D eigenvalue weighted by molar-refractivity contribution is -0.133. The average Bonchev–Trinajstić information content (AvgIpc) is 2.40. The molecule has 1 aliphatic heterocycles. The van der Waals surface area contributed by atoms with Crippen molar-refractivity contribution in [1.82, 2.24) is 9.80 Å². The van der Waals surface area contributed by atoms with Crippen molar-refractivity contribution in [2.45, 2.75) is 52.0 Å². The summed E-state index contributed by atoms with van der Waals surface area (Å²) >= 11 is 0. The first-order valence-corrected chi connectivity index (χ1v) is 7.39. The van der Waals surface area contributed by atoms with Gasteiger partial charge < -0.3 is 15.5 Å². The van der Waals surface area contributed by atoms with Gasteiger partial charge >= 0.3 is 0 Å². The Hall–Kier alpha value is -1.10. The van der Waals surface area contributed by atoms with Gasteiger partial charge in [0.2, 0.25) is 11.8 Å². The Kier molecular flexibility index (Phi) is 6.84. The molecular formula is C14H27N3O2. The molecule has 5 heteroatoms. The van der Waals surface area contributed by atoms with Crippen LogP contribution in [0.2, 0.25) is 0 Å². The van der Waals surface area contributed by atoms with E-state index < -0.39 is 0 Å². The average molecular weight is 269 g/mol. The number of amides is 2. The maximum Gasteiger partial charge on any atom is 0.222 e. The molecule has 19 heavy (non-hydrogen) atoms. The van der Waals surface area contributed by atoms with Crippen molar-refractivity contribution in [2.24, 2.45) is 5.73 Å². The number of carbonyl (C=O) groups is 2. The van der Waals surface area contributed by atoms with Gasteiger partial charge in [0.1, 0.15) is 0 Å². The fourth-order valence-electron chi connectivity index (χ4n) is 2.52. The highest BCUT2D eigenvalue weighted by molar-refractivity contribution is 5.79. The van der Waals surface area contributed by atoms with Crippen LogP contribution < -0.4 is 5.73 Å². The van der Waals surface area contributed by atoms with Crippen LogP contribution in [-0.4, -0.2) is 53.8 Å². The van der Waals surface area contributed by atoms with Crippen LogP contribution in [-0.2, 0) is 9.59 Å². The van der Waals surface area contributed by atoms with Crippen LogP contribution in [0.1, 0.15) is 46.0 Å². The highest BCUT2D eigenvalue weighted by Crippen LogP contribution is 2.11. The molecule has 2 N–H and O–H groups in total. The van der Waals surface area contributed by atoms with Gasteiger partial charge in [-0.3, -0.25) is 9.59 Å². The van der Waals surface area contributed by atoms with E-state index in [1.54, 1.807) is 4.90 Å². The fraction of sp³-hybridized carbons (Fsp3) is 0.857. The van der Waals surface area contributed by atoms with Crippen LogP contribution in [0, 0.1) is 0 Å². The number of nitrogens with two attached hydrogens (primary N) is 1. The normalized spacial score (nSPS) is 19.3. The summed E-state index contributed by atoms with van der Waals surface area (Å²) in [6.45, 7) is 6.91. The number of nitrogens with zero attached hydrogens (tertiary/aromatic N) is 2. The van der Waals surface area contributed by atoms with Crippen LogP contribution in [0.4, 0.5) is 0 Å². The predicted molar refractivity (Wildman–Crippen MR) is 75.6 cm³/mol. The minimum Gasteiger partial charge on any atom is -0.343 e. The molecule has 0 aliphatic carbocycles. The van der Waals surface area contributed by atoms with Crippen LogP contribution in [0.25, 0.3) is 0 Å². The number of hydrogen-bond donors (Lipinski definition) is 1. The summed E-state index contributed by atoms with van der Waals surface area (Å²) < 4.78 is 0. The summed E-state index contributed by atoms with van der Waals surface area (Å²) in [4.78, 5) is 27.4. The van der Waals surface area contributed by atoms with Gasteiger partial charge in [0, 0.05) is 45.1 Å². The van der Waals surface area contributed by atoms with Gasteiger partial charge in [-0.05, 0) is 33.1 Å². The predicted octanol–water partition coefficient (Wildman–Crippen LogP) is 0.975. The minimum absolute atomic E-state index is 0.120. The molecule has 0 aromatic heterocycles. The smallest absolute Gasteiger partial charge is 0.222 e. The zero-order valence-electron chi connectivity index (χ0n) is 12.2. The van der Waals surface area contributed by atoms with Crippen molar-refractivity contribution in [2.75, 3.05) is 26.2 Å². The first-order chi connectivity index (χ1) is 9.08. The molecule has 2 amide bonds. The second-order valence-corrected chi connectivity index (χ2v) is 5.16. The fourth-order valence-corrected chi connectivity index (χ4v) is 2.52. The monoisotopic (exact) mass is 269 g/mol. The lowest BCUT2D eigenvalue weighted by Gasteiger charge is -2.30. The Balaban J connectivity index is 2.25. The van der Waals surface area contributed by atoms with E-state index in [9.17, 15) is 9.59 Å². The Morgan fingerprint density at radius 1 is 1.26 bits per heavy atom. The second-order valence-electron chi connectivity index (χ2n) is 5.16. The molecule has 1 rings (SSSR count). The number of likely N-dealkylation sites (tertiary alicyclic amines) is 1. The summed E-state index contributed by atoms with van der Waals surface area (Å²) in [6, 6.07) is 0.120. The van der Waals surface area contributed by atoms with Gasteiger partial charge in [0.15, 0.2) is 0 Å². The van der Waals surface area contributed by atoms with Gasteiger partial charge in [-0.2, -0.15) is 0 Å². The zero-order chi connectivity index (χ0) is 14.3. The van der Waals surface area contributed by atoms with Crippen molar-refractivity contribution in [1.29, 1.82) is 0 Å². The Morgan fingerprint density at radius 3 is 2.53 bits per heavy atom. The number of carbonyl (C=O) groups excluding carboxylic acids is 2. The molecular weight excluding hydrogens is 242 g/mol. The third-order valence-electron chi connectivity index (χ3n) is 3.71. The third-order valence-corrected chi connectivity index (χ3v) is 3.71. The Labute approximate surface area is 116 Å². The highest BCUT2D eigenvalue weighted by atomic mass is 16.2. The van der Waals surface area contributed by atoms with Crippen LogP contribution in [0.3, 0.4) is 0 Å². The van der Waals surface area contributed by atoms with E-state index >= 15 is 0 Å². The number of rotatable bonds is 6. The van der Waals surface area contributed by atoms with Crippen molar-refractivity contribution in [3.05, 3.63) is 0 Å². The van der Waals surface area contributed by atoms with Gasteiger partial charge in [-0.15, -0.1) is 0 Å². The minimum atomic E-state index is 0.120. The highest BCUT2D eigenvalue weighted by Gasteiger charge is 2.21. The topological polar surface area (TPSA) is 66.6 Å². The maximum atomic E-state index is 12.0. The standard InChI is InChI=1S/C14H27N3O2/c1-3-16(4-2)13(18)8-5-9-14(19)17-10-6-7-12(15)11-17/h12H,3-11,15H2,1-2H3. The van der Waals surface area contributed by atoms with E-state index in [0.717, 1.165) is 32.5 Å². The van der Waals surface area contributed by atoms with E-state index in [4.69, 9.17) is 5.73 Å². The molecule has 0 aromatic rings. The Bertz CT molecular complexity index is 303. The van der Waals surface area contributed by atoms with E-state index in [1.807, 2.05) is 18.7 Å². The second kappa shape index (κ2) is 8.15. The molecule has 0 spiro atoms. The summed E-state index contributed by atoms with van der Waals surface area (Å²) in [5, 5.41) is 0. The van der Waals surface area contributed by atoms with Crippen molar-refractivity contribution in [3.63, 3.8) is 0 Å². The number of piperidine rings is 1. The van der Waals surface area contributed by atoms with Gasteiger partial charge in [-0.25, -0.2) is 0 Å². The third kappa shape index (κ3) is 5.19. The molecule has 1 unspecified atom stereocenters. The lowest BCUT2D eigenvalue weighted by Crippen LogP contribution is -2.45. The summed E-state index contributed by atoms with van der Waals surface area (Å²) in [7, 11) is 0. The van der Waals surface area contributed by atoms with E-state index in [2.05, 4.69) is 0 Å². The molecule has 0 saturated carbocycles. The molecule has 5 nitrogen and oxygen atoms in total. The summed E-state index contributed by atoms with van der Waals surface area (Å²) in [6.07, 6.45) is 3.56. The van der Waals surface area contributed by atoms with Crippen LogP contribution >= 0.6 is 0 Å². The molecule has 0 aromatic carbocycles. The van der Waals surface area contributed by atoms with E-state index in [1.165, 1.54) is 0 Å². The SMILES string of the molecule is CCN(CC)C(=O)CCCC(=O)N1CCCC(N)C1. The molecule has 1 saturated heterocycles. The largest absolute Gasteiger partial charge is 0.343 e. The summed E-state index contributed by atoms with van der Waals surface area (Å²) in [5.74, 6) is 0.288. The van der Waals surface area contributed by atoms with E-state index in [-0.39, 0.29) is 17.9 Å². The van der Waals surface area contributed by atoms with E-state index in [0.29, 0.717) is 25.8 Å². The molecule has 110 valence electrons. The molecule has 1 atom stereocenters. The van der Waals surface area contributed by atoms with Crippen LogP contribution in [0.5, 0.6) is 0 Å². The lowest BCUT2D eigenvalue weighted by atomic mass is 10.1. The zero-order valence-corrected chi connectivity index (χ0v) is 12.2. The molecule has 1 fully saturated rings. The van der Waals surface area contributed by atoms with Crippen molar-refractivity contribution in [3.8, 4) is 0 Å². The van der Waals surface area contributed by atoms with Gasteiger partial charge in [-0.1, -0.05) is 0 Å². The molecule has 0 bridgehead atoms. The quantitative estimate of drug-likeness (QED) is 0.781. The maximum absolute atomic E-state index is 12.0. The molecule has 0 radical (unpaired) electrons.